The third-order valence-corrected chi connectivity index (χ3v) is 6.10. The molecule has 6 amide bonds. The lowest BCUT2D eigenvalue weighted by Gasteiger charge is -2.26. The van der Waals surface area contributed by atoms with Gasteiger partial charge >= 0.3 is 0 Å². The number of aromatic hydroxyl groups is 1. The van der Waals surface area contributed by atoms with Crippen molar-refractivity contribution >= 4 is 35.4 Å². The van der Waals surface area contributed by atoms with Crippen molar-refractivity contribution in [2.24, 2.45) is 11.5 Å². The molecule has 0 aliphatic rings. The van der Waals surface area contributed by atoms with E-state index in [1.807, 2.05) is 0 Å². The number of rotatable bonds is 18. The number of primary amides is 1. The molecular weight excluding hydrogens is 538 g/mol. The van der Waals surface area contributed by atoms with E-state index in [4.69, 9.17) is 16.7 Å². The first kappa shape index (κ1) is 34.8. The highest BCUT2D eigenvalue weighted by atomic mass is 16.5. The zero-order chi connectivity index (χ0) is 30.9. The van der Waals surface area contributed by atoms with Gasteiger partial charge in [0.25, 0.3) is 5.91 Å². The summed E-state index contributed by atoms with van der Waals surface area (Å²) >= 11 is 0. The van der Waals surface area contributed by atoms with Gasteiger partial charge in [-0.05, 0) is 56.8 Å². The second-order valence-corrected chi connectivity index (χ2v) is 9.46. The maximum atomic E-state index is 13.5. The summed E-state index contributed by atoms with van der Waals surface area (Å²) in [6, 6.07) is 1.27. The minimum Gasteiger partial charge on any atom is -0.508 e. The van der Waals surface area contributed by atoms with Gasteiger partial charge in [-0.15, -0.1) is 0 Å². The Kier molecular flexibility index (Phi) is 15.4. The zero-order valence-electron chi connectivity index (χ0n) is 23.3. The van der Waals surface area contributed by atoms with Crippen molar-refractivity contribution < 1.29 is 39.1 Å². The molecule has 0 radical (unpaired) electrons. The number of nitrogens with one attached hydrogen (secondary N) is 5. The fourth-order valence-corrected chi connectivity index (χ4v) is 3.71. The van der Waals surface area contributed by atoms with Crippen molar-refractivity contribution in [2.75, 3.05) is 6.54 Å². The van der Waals surface area contributed by atoms with Crippen LogP contribution in [0.4, 0.5) is 0 Å². The largest absolute Gasteiger partial charge is 0.508 e. The molecule has 0 aliphatic heterocycles. The van der Waals surface area contributed by atoms with Crippen molar-refractivity contribution in [1.82, 2.24) is 26.7 Å². The van der Waals surface area contributed by atoms with E-state index >= 15 is 0 Å². The van der Waals surface area contributed by atoms with Gasteiger partial charge in [-0.2, -0.15) is 0 Å². The van der Waals surface area contributed by atoms with Gasteiger partial charge in [0.1, 0.15) is 29.9 Å². The third-order valence-electron chi connectivity index (χ3n) is 6.10. The normalized spacial score (nSPS) is 13.6. The molecule has 15 nitrogen and oxygen atoms in total. The lowest BCUT2D eigenvalue weighted by atomic mass is 10.0. The SMILES string of the molecule is CCC(=O)N[C@@H](CCC(N)=O)C(=O)N[C@@H](Cc1ccc(O)cc1)C(=O)N[C@@H](CCCCN)C(=O)N[C@@H](C)C(=O)NO. The predicted octanol–water partition coefficient (Wildman–Crippen LogP) is -1.80. The van der Waals surface area contributed by atoms with Gasteiger partial charge in [0.2, 0.25) is 29.5 Å². The van der Waals surface area contributed by atoms with Gasteiger partial charge in [-0.3, -0.25) is 34.0 Å². The highest BCUT2D eigenvalue weighted by Gasteiger charge is 2.30. The summed E-state index contributed by atoms with van der Waals surface area (Å²) < 4.78 is 0. The van der Waals surface area contributed by atoms with Crippen molar-refractivity contribution in [1.29, 1.82) is 0 Å². The Hall–Kier alpha value is -4.24. The average Bonchev–Trinajstić information content (AvgIpc) is 2.94. The molecule has 1 rings (SSSR count). The van der Waals surface area contributed by atoms with Gasteiger partial charge < -0.3 is 37.8 Å². The van der Waals surface area contributed by atoms with Crippen molar-refractivity contribution in [2.45, 2.75) is 83.0 Å². The number of unbranched alkanes of at least 4 members (excludes halogenated alkanes) is 1. The Labute approximate surface area is 238 Å². The van der Waals surface area contributed by atoms with Crippen LogP contribution in [0.25, 0.3) is 0 Å². The first-order chi connectivity index (χ1) is 19.4. The molecule has 0 heterocycles. The van der Waals surface area contributed by atoms with Crippen LogP contribution in [0, 0.1) is 0 Å². The molecule has 0 spiro atoms. The van der Waals surface area contributed by atoms with Crippen LogP contribution in [0.5, 0.6) is 5.75 Å². The molecule has 4 atom stereocenters. The number of benzene rings is 1. The van der Waals surface area contributed by atoms with E-state index in [0.29, 0.717) is 24.9 Å². The fourth-order valence-electron chi connectivity index (χ4n) is 3.71. The van der Waals surface area contributed by atoms with E-state index in [9.17, 15) is 33.9 Å². The first-order valence-electron chi connectivity index (χ1n) is 13.3. The lowest BCUT2D eigenvalue weighted by Crippen LogP contribution is -2.58. The zero-order valence-corrected chi connectivity index (χ0v) is 23.3. The third kappa shape index (κ3) is 13.1. The summed E-state index contributed by atoms with van der Waals surface area (Å²) in [5.41, 5.74) is 12.8. The molecule has 0 unspecified atom stereocenters. The number of hydrogen-bond donors (Lipinski definition) is 9. The molecule has 1 aromatic carbocycles. The van der Waals surface area contributed by atoms with Gasteiger partial charge in [0.05, 0.1) is 0 Å². The van der Waals surface area contributed by atoms with E-state index in [0.717, 1.165) is 0 Å². The Morgan fingerprint density at radius 2 is 1.37 bits per heavy atom. The molecule has 41 heavy (non-hydrogen) atoms. The quantitative estimate of drug-likeness (QED) is 0.0539. The van der Waals surface area contributed by atoms with Crippen LogP contribution in [-0.4, -0.2) is 76.5 Å². The second kappa shape index (κ2) is 18.2. The predicted molar refractivity (Wildman–Crippen MR) is 147 cm³/mol. The number of phenols is 1. The Balaban J connectivity index is 3.23. The molecule has 0 bridgehead atoms. The van der Waals surface area contributed by atoms with Crippen LogP contribution >= 0.6 is 0 Å². The van der Waals surface area contributed by atoms with Gasteiger partial charge in [0.15, 0.2) is 0 Å². The number of phenolic OH excluding ortho intramolecular Hbond substituents is 1. The molecule has 228 valence electrons. The lowest BCUT2D eigenvalue weighted by molar-refractivity contribution is -0.136. The summed E-state index contributed by atoms with van der Waals surface area (Å²) in [5, 5.41) is 28.6. The molecule has 1 aromatic rings. The monoisotopic (exact) mass is 579 g/mol. The second-order valence-electron chi connectivity index (χ2n) is 9.46. The number of carbonyl (C=O) groups excluding carboxylic acids is 6. The molecule has 15 heteroatoms. The number of amides is 6. The van der Waals surface area contributed by atoms with Gasteiger partial charge in [-0.1, -0.05) is 19.1 Å². The summed E-state index contributed by atoms with van der Waals surface area (Å²) in [6.07, 6.45) is 0.902. The standard InChI is InChI=1S/C26H41N7O8/c1-3-22(36)30-19(11-12-21(28)35)25(39)32-20(14-16-7-9-17(34)10-8-16)26(40)31-18(6-4-5-13-27)24(38)29-15(2)23(37)33-41/h7-10,15,18-20,34,41H,3-6,11-14,27H2,1-2H3,(H2,28,35)(H,29,38)(H,30,36)(H,31,40)(H,32,39)(H,33,37)/t15-,18-,19-,20-/m0/s1. The van der Waals surface area contributed by atoms with E-state index in [-0.39, 0.29) is 37.9 Å². The molecule has 0 aliphatic carbocycles. The van der Waals surface area contributed by atoms with E-state index in [1.54, 1.807) is 19.1 Å². The maximum absolute atomic E-state index is 13.5. The highest BCUT2D eigenvalue weighted by Crippen LogP contribution is 2.13. The van der Waals surface area contributed by atoms with Crippen LogP contribution in [0.15, 0.2) is 24.3 Å². The topological polar surface area (TPSA) is 255 Å². The minimum absolute atomic E-state index is 0.00902. The Morgan fingerprint density at radius 1 is 0.805 bits per heavy atom. The number of nitrogens with two attached hydrogens (primary N) is 2. The summed E-state index contributed by atoms with van der Waals surface area (Å²) in [6.45, 7) is 3.27. The van der Waals surface area contributed by atoms with E-state index in [2.05, 4.69) is 21.3 Å². The molecule has 0 saturated heterocycles. The molecule has 0 saturated carbocycles. The van der Waals surface area contributed by atoms with E-state index < -0.39 is 59.6 Å². The molecule has 11 N–H and O–H groups in total. The summed E-state index contributed by atoms with van der Waals surface area (Å²) in [4.78, 5) is 74.6. The Bertz CT molecular complexity index is 1050. The Morgan fingerprint density at radius 3 is 1.93 bits per heavy atom. The van der Waals surface area contributed by atoms with Gasteiger partial charge in [-0.25, -0.2) is 5.48 Å². The van der Waals surface area contributed by atoms with Crippen molar-refractivity contribution in [3.05, 3.63) is 29.8 Å². The summed E-state index contributed by atoms with van der Waals surface area (Å²) in [5.74, 6) is -4.19. The number of hydroxylamine groups is 1. The van der Waals surface area contributed by atoms with Crippen LogP contribution in [0.1, 0.15) is 57.9 Å². The highest BCUT2D eigenvalue weighted by molar-refractivity contribution is 5.95. The summed E-state index contributed by atoms with van der Waals surface area (Å²) in [7, 11) is 0. The number of hydrogen-bond acceptors (Lipinski definition) is 9. The molecular formula is C26H41N7O8. The van der Waals surface area contributed by atoms with Crippen LogP contribution < -0.4 is 38.2 Å². The van der Waals surface area contributed by atoms with Crippen molar-refractivity contribution in [3.63, 3.8) is 0 Å². The molecule has 0 aromatic heterocycles. The first-order valence-corrected chi connectivity index (χ1v) is 13.3. The van der Waals surface area contributed by atoms with Gasteiger partial charge in [0, 0.05) is 19.3 Å². The van der Waals surface area contributed by atoms with Crippen LogP contribution in [0.3, 0.4) is 0 Å². The van der Waals surface area contributed by atoms with Crippen LogP contribution in [0.2, 0.25) is 0 Å². The average molecular weight is 580 g/mol. The minimum atomic E-state index is -1.25. The maximum Gasteiger partial charge on any atom is 0.265 e. The van der Waals surface area contributed by atoms with Crippen molar-refractivity contribution in [3.8, 4) is 5.75 Å². The smallest absolute Gasteiger partial charge is 0.265 e. The fraction of sp³-hybridized carbons (Fsp3) is 0.538. The number of carbonyl (C=O) groups is 6. The van der Waals surface area contributed by atoms with Crippen LogP contribution in [-0.2, 0) is 35.2 Å². The van der Waals surface area contributed by atoms with E-state index in [1.165, 1.54) is 24.5 Å². The molecule has 0 fully saturated rings.